The average molecular weight is 271 g/mol. The van der Waals surface area contributed by atoms with E-state index in [1.165, 1.54) is 6.07 Å². The molecule has 0 bridgehead atoms. The van der Waals surface area contributed by atoms with Gasteiger partial charge in [0.2, 0.25) is 0 Å². The van der Waals surface area contributed by atoms with Gasteiger partial charge < -0.3 is 4.74 Å². The molecule has 16 heavy (non-hydrogen) atoms. The van der Waals surface area contributed by atoms with Crippen LogP contribution in [0.15, 0.2) is 23.1 Å². The number of hydrogen-bond acceptors (Lipinski definition) is 3. The molecule has 0 amide bonds. The van der Waals surface area contributed by atoms with E-state index in [1.807, 2.05) is 0 Å². The molecular formula is C9H6ClF3O2S. The van der Waals surface area contributed by atoms with Crippen molar-refractivity contribution in [3.63, 3.8) is 0 Å². The van der Waals surface area contributed by atoms with Crippen molar-refractivity contribution in [3.05, 3.63) is 23.8 Å². The summed E-state index contributed by atoms with van der Waals surface area (Å²) >= 11 is 9.15. The number of rotatable bonds is 3. The number of halogens is 4. The van der Waals surface area contributed by atoms with Crippen LogP contribution in [0.25, 0.3) is 0 Å². The summed E-state index contributed by atoms with van der Waals surface area (Å²) in [5.74, 6) is -1.30. The van der Waals surface area contributed by atoms with E-state index >= 15 is 0 Å². The zero-order chi connectivity index (χ0) is 12.3. The molecule has 1 aromatic carbocycles. The van der Waals surface area contributed by atoms with E-state index in [0.717, 1.165) is 12.1 Å². The Hall–Kier alpha value is -0.880. The first-order valence-corrected chi connectivity index (χ1v) is 4.99. The first kappa shape index (κ1) is 13.2. The minimum Gasteiger partial charge on any atom is -0.406 e. The van der Waals surface area contributed by atoms with E-state index in [4.69, 9.17) is 11.6 Å². The highest BCUT2D eigenvalue weighted by molar-refractivity contribution is 7.80. The SMILES string of the molecule is O=C(CCl)c1cc(S)cc(OC(F)(F)F)c1. The molecule has 88 valence electrons. The Labute approximate surface area is 99.8 Å². The van der Waals surface area contributed by atoms with Crippen molar-refractivity contribution < 1.29 is 22.7 Å². The minimum atomic E-state index is -4.80. The number of thiol groups is 1. The lowest BCUT2D eigenvalue weighted by Gasteiger charge is -2.10. The molecule has 0 spiro atoms. The summed E-state index contributed by atoms with van der Waals surface area (Å²) in [7, 11) is 0. The fraction of sp³-hybridized carbons (Fsp3) is 0.222. The molecule has 2 nitrogen and oxygen atoms in total. The Morgan fingerprint density at radius 1 is 1.38 bits per heavy atom. The fourth-order valence-electron chi connectivity index (χ4n) is 1.01. The third-order valence-electron chi connectivity index (χ3n) is 1.57. The zero-order valence-electron chi connectivity index (χ0n) is 7.71. The van der Waals surface area contributed by atoms with Gasteiger partial charge in [0.05, 0.1) is 5.88 Å². The van der Waals surface area contributed by atoms with Gasteiger partial charge >= 0.3 is 6.36 Å². The third-order valence-corrected chi connectivity index (χ3v) is 2.07. The predicted molar refractivity (Wildman–Crippen MR) is 55.4 cm³/mol. The van der Waals surface area contributed by atoms with Crippen molar-refractivity contribution in [3.8, 4) is 5.75 Å². The van der Waals surface area contributed by atoms with E-state index in [9.17, 15) is 18.0 Å². The minimum absolute atomic E-state index is 0.0294. The Balaban J connectivity index is 3.03. The molecule has 0 aliphatic rings. The number of benzene rings is 1. The van der Waals surface area contributed by atoms with Gasteiger partial charge in [-0.05, 0) is 18.2 Å². The number of carbonyl (C=O) groups excluding carboxylic acids is 1. The molecule has 0 atom stereocenters. The van der Waals surface area contributed by atoms with Crippen LogP contribution in [0.3, 0.4) is 0 Å². The van der Waals surface area contributed by atoms with E-state index in [2.05, 4.69) is 17.4 Å². The molecule has 1 rings (SSSR count). The predicted octanol–water partition coefficient (Wildman–Crippen LogP) is 3.30. The van der Waals surface area contributed by atoms with Gasteiger partial charge in [-0.2, -0.15) is 0 Å². The highest BCUT2D eigenvalue weighted by Crippen LogP contribution is 2.26. The highest BCUT2D eigenvalue weighted by atomic mass is 35.5. The Bertz CT molecular complexity index is 406. The summed E-state index contributed by atoms with van der Waals surface area (Å²) < 4.78 is 39.5. The highest BCUT2D eigenvalue weighted by Gasteiger charge is 2.31. The maximum atomic E-state index is 11.9. The number of Topliss-reactive ketones (excluding diaryl/α,β-unsaturated/α-hetero) is 1. The number of ketones is 1. The van der Waals surface area contributed by atoms with Gasteiger partial charge in [-0.15, -0.1) is 37.4 Å². The largest absolute Gasteiger partial charge is 0.573 e. The monoisotopic (exact) mass is 270 g/mol. The summed E-state index contributed by atoms with van der Waals surface area (Å²) in [6.45, 7) is 0. The van der Waals surface area contributed by atoms with Gasteiger partial charge in [-0.1, -0.05) is 0 Å². The lowest BCUT2D eigenvalue weighted by atomic mass is 10.1. The molecular weight excluding hydrogens is 265 g/mol. The summed E-state index contributed by atoms with van der Waals surface area (Å²) in [5, 5.41) is 0. The van der Waals surface area contributed by atoms with Gasteiger partial charge in [0.15, 0.2) is 5.78 Å². The van der Waals surface area contributed by atoms with Crippen molar-refractivity contribution in [1.29, 1.82) is 0 Å². The maximum absolute atomic E-state index is 11.9. The van der Waals surface area contributed by atoms with E-state index in [-0.39, 0.29) is 16.3 Å². The van der Waals surface area contributed by atoms with Crippen LogP contribution < -0.4 is 4.74 Å². The standard InChI is InChI=1S/C9H6ClF3O2S/c10-4-8(14)5-1-6(3-7(16)2-5)15-9(11,12)13/h1-3,16H,4H2. The maximum Gasteiger partial charge on any atom is 0.573 e. The summed E-state index contributed by atoms with van der Waals surface area (Å²) in [6.07, 6.45) is -4.80. The summed E-state index contributed by atoms with van der Waals surface area (Å²) in [5.41, 5.74) is 0.0294. The molecule has 7 heteroatoms. The Morgan fingerprint density at radius 3 is 2.50 bits per heavy atom. The van der Waals surface area contributed by atoms with Crippen LogP contribution in [0.5, 0.6) is 5.75 Å². The van der Waals surface area contributed by atoms with Crippen molar-refractivity contribution in [1.82, 2.24) is 0 Å². The number of hydrogen-bond donors (Lipinski definition) is 1. The molecule has 0 heterocycles. The van der Waals surface area contributed by atoms with Crippen LogP contribution in [0.4, 0.5) is 13.2 Å². The molecule has 0 radical (unpaired) electrons. The molecule has 0 aromatic heterocycles. The zero-order valence-corrected chi connectivity index (χ0v) is 9.37. The van der Waals surface area contributed by atoms with Crippen LogP contribution in [0.1, 0.15) is 10.4 Å². The van der Waals surface area contributed by atoms with Crippen molar-refractivity contribution in [2.24, 2.45) is 0 Å². The molecule has 0 aliphatic carbocycles. The van der Waals surface area contributed by atoms with Gasteiger partial charge in [0, 0.05) is 10.5 Å². The number of ether oxygens (including phenoxy) is 1. The second-order valence-electron chi connectivity index (χ2n) is 2.82. The van der Waals surface area contributed by atoms with Gasteiger partial charge in [-0.25, -0.2) is 0 Å². The second kappa shape index (κ2) is 4.97. The van der Waals surface area contributed by atoms with Crippen LogP contribution in [-0.2, 0) is 0 Å². The summed E-state index contributed by atoms with van der Waals surface area (Å²) in [6, 6.07) is 3.34. The molecule has 0 saturated heterocycles. The first-order valence-electron chi connectivity index (χ1n) is 4.01. The average Bonchev–Trinajstić information content (AvgIpc) is 2.12. The lowest BCUT2D eigenvalue weighted by Crippen LogP contribution is -2.17. The molecule has 1 aromatic rings. The van der Waals surface area contributed by atoms with E-state index < -0.39 is 17.9 Å². The lowest BCUT2D eigenvalue weighted by molar-refractivity contribution is -0.274. The number of alkyl halides is 4. The summed E-state index contributed by atoms with van der Waals surface area (Å²) in [4.78, 5) is 11.4. The van der Waals surface area contributed by atoms with Crippen molar-refractivity contribution >= 4 is 30.0 Å². The van der Waals surface area contributed by atoms with E-state index in [1.54, 1.807) is 0 Å². The van der Waals surface area contributed by atoms with Crippen molar-refractivity contribution in [2.75, 3.05) is 5.88 Å². The van der Waals surface area contributed by atoms with Crippen molar-refractivity contribution in [2.45, 2.75) is 11.3 Å². The third kappa shape index (κ3) is 3.94. The topological polar surface area (TPSA) is 26.3 Å². The first-order chi connectivity index (χ1) is 7.31. The van der Waals surface area contributed by atoms with E-state index in [0.29, 0.717) is 0 Å². The quantitative estimate of drug-likeness (QED) is 0.518. The number of carbonyl (C=O) groups is 1. The Morgan fingerprint density at radius 2 is 2.00 bits per heavy atom. The van der Waals surface area contributed by atoms with Crippen LogP contribution in [-0.4, -0.2) is 18.0 Å². The molecule has 0 saturated carbocycles. The molecule has 0 N–H and O–H groups in total. The van der Waals surface area contributed by atoms with Crippen LogP contribution in [0, 0.1) is 0 Å². The van der Waals surface area contributed by atoms with Gasteiger partial charge in [-0.3, -0.25) is 4.79 Å². The molecule has 0 aliphatic heterocycles. The smallest absolute Gasteiger partial charge is 0.406 e. The Kier molecular flexibility index (Phi) is 4.09. The molecule has 0 unspecified atom stereocenters. The van der Waals surface area contributed by atoms with Crippen LogP contribution >= 0.6 is 24.2 Å². The van der Waals surface area contributed by atoms with Crippen LogP contribution in [0.2, 0.25) is 0 Å². The van der Waals surface area contributed by atoms with Gasteiger partial charge in [0.1, 0.15) is 5.75 Å². The second-order valence-corrected chi connectivity index (χ2v) is 3.60. The van der Waals surface area contributed by atoms with Gasteiger partial charge in [0.25, 0.3) is 0 Å². The normalized spacial score (nSPS) is 11.3. The molecule has 0 fully saturated rings. The fourth-order valence-corrected chi connectivity index (χ4v) is 1.43.